The molecule has 2 aromatic carbocycles. The van der Waals surface area contributed by atoms with Crippen molar-refractivity contribution in [2.45, 2.75) is 26.2 Å². The first kappa shape index (κ1) is 22.6. The number of methoxy groups -OCH3 is 1. The van der Waals surface area contributed by atoms with E-state index >= 15 is 4.39 Å². The zero-order valence-electron chi connectivity index (χ0n) is 17.5. The minimum absolute atomic E-state index is 0.0968. The largest absolute Gasteiger partial charge is 0.618 e. The summed E-state index contributed by atoms with van der Waals surface area (Å²) in [5.74, 6) is -0.108. The molecule has 162 valence electrons. The number of pyridine rings is 1. The Labute approximate surface area is 186 Å². The smallest absolute Gasteiger partial charge is 0.220 e. The molecule has 0 aliphatic carbocycles. The maximum absolute atomic E-state index is 15.4. The molecule has 1 N–H and O–H groups in total. The Morgan fingerprint density at radius 1 is 1.23 bits per heavy atom. The molecule has 3 rings (SSSR count). The van der Waals surface area contributed by atoms with Gasteiger partial charge >= 0.3 is 0 Å². The zero-order valence-corrected chi connectivity index (χ0v) is 18.2. The Morgan fingerprint density at radius 3 is 2.71 bits per heavy atom. The summed E-state index contributed by atoms with van der Waals surface area (Å²) in [4.78, 5) is 11.6. The van der Waals surface area contributed by atoms with Crippen LogP contribution in [-0.4, -0.2) is 19.6 Å². The second-order valence-corrected chi connectivity index (χ2v) is 7.55. The molecule has 0 fully saturated rings. The molecule has 0 bridgehead atoms. The molecule has 3 aromatic rings. The average molecular weight is 443 g/mol. The summed E-state index contributed by atoms with van der Waals surface area (Å²) in [5.41, 5.74) is 2.54. The third kappa shape index (κ3) is 5.52. The predicted molar refractivity (Wildman–Crippen MR) is 119 cm³/mol. The van der Waals surface area contributed by atoms with Gasteiger partial charge in [-0.15, -0.1) is 0 Å². The highest BCUT2D eigenvalue weighted by molar-refractivity contribution is 6.30. The Morgan fingerprint density at radius 2 is 2.03 bits per heavy atom. The lowest BCUT2D eigenvalue weighted by Gasteiger charge is -2.14. The number of ether oxygens (including phenoxy) is 1. The highest BCUT2D eigenvalue weighted by Crippen LogP contribution is 2.36. The zero-order chi connectivity index (χ0) is 22.4. The van der Waals surface area contributed by atoms with Crippen molar-refractivity contribution < 1.29 is 18.7 Å². The van der Waals surface area contributed by atoms with Crippen LogP contribution in [0.5, 0.6) is 5.75 Å². The summed E-state index contributed by atoms with van der Waals surface area (Å²) in [6.45, 7) is 2.40. The Balaban J connectivity index is 1.85. The topological polar surface area (TPSA) is 65.3 Å². The van der Waals surface area contributed by atoms with Gasteiger partial charge in [0.15, 0.2) is 11.9 Å². The van der Waals surface area contributed by atoms with E-state index in [1.165, 1.54) is 13.3 Å². The normalized spacial score (nSPS) is 10.7. The number of aryl methyl sites for hydroxylation is 1. The van der Waals surface area contributed by atoms with Crippen molar-refractivity contribution >= 4 is 17.5 Å². The summed E-state index contributed by atoms with van der Waals surface area (Å²) in [6.07, 6.45) is 2.25. The van der Waals surface area contributed by atoms with Gasteiger partial charge in [-0.25, -0.2) is 4.39 Å². The van der Waals surface area contributed by atoms with Crippen molar-refractivity contribution in [1.29, 1.82) is 0 Å². The summed E-state index contributed by atoms with van der Waals surface area (Å²) in [5, 5.41) is 15.6. The third-order valence-electron chi connectivity index (χ3n) is 4.95. The van der Waals surface area contributed by atoms with E-state index in [9.17, 15) is 10.0 Å². The van der Waals surface area contributed by atoms with Gasteiger partial charge < -0.3 is 15.3 Å². The van der Waals surface area contributed by atoms with Gasteiger partial charge in [0.05, 0.1) is 12.7 Å². The van der Waals surface area contributed by atoms with Gasteiger partial charge in [0.2, 0.25) is 5.91 Å². The van der Waals surface area contributed by atoms with Crippen LogP contribution in [0.4, 0.5) is 4.39 Å². The van der Waals surface area contributed by atoms with Crippen LogP contribution in [0.25, 0.3) is 11.1 Å². The Kier molecular flexibility index (Phi) is 7.47. The Hall–Kier alpha value is -3.12. The molecule has 0 atom stereocenters. The number of amides is 1. The van der Waals surface area contributed by atoms with Gasteiger partial charge in [0, 0.05) is 42.5 Å². The molecule has 1 aromatic heterocycles. The van der Waals surface area contributed by atoms with E-state index in [0.717, 1.165) is 4.73 Å². The second-order valence-electron chi connectivity index (χ2n) is 7.11. The van der Waals surface area contributed by atoms with Crippen LogP contribution in [0.3, 0.4) is 0 Å². The van der Waals surface area contributed by atoms with Crippen molar-refractivity contribution in [2.24, 2.45) is 0 Å². The summed E-state index contributed by atoms with van der Waals surface area (Å²) in [7, 11) is 1.49. The molecule has 1 amide bonds. The highest BCUT2D eigenvalue weighted by Gasteiger charge is 2.18. The molecule has 1 heterocycles. The fraction of sp³-hybridized carbons (Fsp3) is 0.250. The first-order valence-corrected chi connectivity index (χ1v) is 10.4. The minimum atomic E-state index is -0.417. The van der Waals surface area contributed by atoms with Crippen LogP contribution in [0.2, 0.25) is 5.02 Å². The van der Waals surface area contributed by atoms with E-state index in [-0.39, 0.29) is 18.7 Å². The molecule has 5 nitrogen and oxygen atoms in total. The van der Waals surface area contributed by atoms with Gasteiger partial charge in [-0.1, -0.05) is 29.8 Å². The summed E-state index contributed by atoms with van der Waals surface area (Å²) >= 11 is 6.08. The van der Waals surface area contributed by atoms with Gasteiger partial charge in [0.25, 0.3) is 0 Å². The number of benzene rings is 2. The molecule has 31 heavy (non-hydrogen) atoms. The summed E-state index contributed by atoms with van der Waals surface area (Å²) < 4.78 is 21.5. The van der Waals surface area contributed by atoms with Crippen molar-refractivity contribution in [3.8, 4) is 16.9 Å². The van der Waals surface area contributed by atoms with E-state index in [0.29, 0.717) is 51.7 Å². The van der Waals surface area contributed by atoms with E-state index < -0.39 is 5.82 Å². The number of hydrogen-bond acceptors (Lipinski definition) is 3. The number of halogens is 2. The number of aromatic nitrogens is 1. The SMILES string of the molecule is CCNC(=O)CCc1ccc(Cc2ccc(OC)c(-c3cccc(Cl)c3)c2F)c[n+]1[O-]. The quantitative estimate of drug-likeness (QED) is 0.414. The van der Waals surface area contributed by atoms with Crippen LogP contribution in [0, 0.1) is 11.0 Å². The number of nitrogens with one attached hydrogen (secondary N) is 1. The number of carbonyl (C=O) groups is 1. The average Bonchev–Trinajstić information content (AvgIpc) is 2.74. The molecule has 0 aliphatic heterocycles. The monoisotopic (exact) mass is 442 g/mol. The van der Waals surface area contributed by atoms with E-state index in [2.05, 4.69) is 5.32 Å². The molecule has 0 saturated carbocycles. The maximum atomic E-state index is 15.4. The highest BCUT2D eigenvalue weighted by atomic mass is 35.5. The van der Waals surface area contributed by atoms with Crippen molar-refractivity contribution in [3.05, 3.63) is 87.6 Å². The number of hydrogen-bond donors (Lipinski definition) is 1. The lowest BCUT2D eigenvalue weighted by atomic mass is 9.97. The first-order chi connectivity index (χ1) is 14.9. The van der Waals surface area contributed by atoms with Crippen molar-refractivity contribution in [1.82, 2.24) is 5.32 Å². The summed E-state index contributed by atoms with van der Waals surface area (Å²) in [6, 6.07) is 13.8. The van der Waals surface area contributed by atoms with Gasteiger partial charge in [-0.05, 0) is 42.3 Å². The molecular formula is C24H24ClFN2O3. The standard InChI is InChI=1S/C24H24ClFN2O3/c1-3-27-22(29)12-10-20-9-7-16(15-28(20)30)13-18-8-11-21(31-2)23(24(18)26)17-5-4-6-19(25)14-17/h4-9,11,14-15H,3,10,12-13H2,1-2H3,(H,27,29). The molecule has 0 spiro atoms. The Bertz CT molecular complexity index is 1090. The fourth-order valence-corrected chi connectivity index (χ4v) is 3.61. The van der Waals surface area contributed by atoms with Crippen LogP contribution in [0.15, 0.2) is 54.7 Å². The predicted octanol–water partition coefficient (Wildman–Crippen LogP) is 4.45. The lowest BCUT2D eigenvalue weighted by molar-refractivity contribution is -0.614. The fourth-order valence-electron chi connectivity index (χ4n) is 3.42. The second kappa shape index (κ2) is 10.3. The first-order valence-electron chi connectivity index (χ1n) is 10.0. The van der Waals surface area contributed by atoms with Gasteiger partial charge in [-0.2, -0.15) is 4.73 Å². The lowest BCUT2D eigenvalue weighted by Crippen LogP contribution is -2.33. The van der Waals surface area contributed by atoms with E-state index in [1.807, 2.05) is 6.92 Å². The molecule has 0 unspecified atom stereocenters. The van der Waals surface area contributed by atoms with E-state index in [1.54, 1.807) is 48.5 Å². The molecule has 0 aliphatic rings. The van der Waals surface area contributed by atoms with Crippen LogP contribution in [0.1, 0.15) is 30.2 Å². The maximum Gasteiger partial charge on any atom is 0.220 e. The molecule has 0 radical (unpaired) electrons. The molecule has 7 heteroatoms. The van der Waals surface area contributed by atoms with Gasteiger partial charge in [0.1, 0.15) is 11.6 Å². The van der Waals surface area contributed by atoms with Crippen molar-refractivity contribution in [3.63, 3.8) is 0 Å². The van der Waals surface area contributed by atoms with Crippen LogP contribution in [-0.2, 0) is 17.6 Å². The number of rotatable bonds is 8. The van der Waals surface area contributed by atoms with E-state index in [4.69, 9.17) is 16.3 Å². The molecule has 0 saturated heterocycles. The molecular weight excluding hydrogens is 419 g/mol. The van der Waals surface area contributed by atoms with Crippen LogP contribution < -0.4 is 14.8 Å². The minimum Gasteiger partial charge on any atom is -0.618 e. The third-order valence-corrected chi connectivity index (χ3v) is 5.18. The van der Waals surface area contributed by atoms with Crippen molar-refractivity contribution in [2.75, 3.05) is 13.7 Å². The van der Waals surface area contributed by atoms with Gasteiger partial charge in [-0.3, -0.25) is 4.79 Å². The van der Waals surface area contributed by atoms with Crippen LogP contribution >= 0.6 is 11.6 Å². The number of carbonyl (C=O) groups excluding carboxylic acids is 1. The number of nitrogens with zero attached hydrogens (tertiary/aromatic N) is 1.